The number of ether oxygens (including phenoxy) is 2. The Kier molecular flexibility index (Phi) is 8.03. The van der Waals surface area contributed by atoms with Crippen molar-refractivity contribution in [1.82, 2.24) is 10.6 Å². The number of alkyl carbamates (subject to hydrolysis) is 1. The molecule has 11 heteroatoms. The molecule has 184 valence electrons. The topological polar surface area (TPSA) is 136 Å². The van der Waals surface area contributed by atoms with Crippen LogP contribution >= 0.6 is 0 Å². The number of hydrogen-bond acceptors (Lipinski definition) is 7. The largest absolute Gasteiger partial charge is 0.467 e. The summed E-state index contributed by atoms with van der Waals surface area (Å²) in [6, 6.07) is 14.6. The highest BCUT2D eigenvalue weighted by Crippen LogP contribution is 2.14. The van der Waals surface area contributed by atoms with Crippen LogP contribution in [0.2, 0.25) is 0 Å². The molecule has 0 radical (unpaired) electrons. The van der Waals surface area contributed by atoms with Gasteiger partial charge < -0.3 is 20.1 Å². The lowest BCUT2D eigenvalue weighted by molar-refractivity contribution is -0.670. The van der Waals surface area contributed by atoms with Crippen molar-refractivity contribution >= 4 is 29.7 Å². The summed E-state index contributed by atoms with van der Waals surface area (Å²) in [6.45, 7) is 5.18. The lowest BCUT2D eigenvalue weighted by Crippen LogP contribution is -2.45. The molecule has 3 aromatic rings. The Balaban J connectivity index is 1.56. The van der Waals surface area contributed by atoms with Crippen LogP contribution in [0, 0.1) is 0 Å². The van der Waals surface area contributed by atoms with Crippen LogP contribution < -0.4 is 20.6 Å². The Morgan fingerprint density at radius 1 is 1.03 bits per heavy atom. The molecular formula is C24H28N5O6+. The van der Waals surface area contributed by atoms with Crippen LogP contribution in [0.25, 0.3) is 5.69 Å². The fourth-order valence-corrected chi connectivity index (χ4v) is 3.02. The molecule has 0 saturated carbocycles. The Bertz CT molecular complexity index is 1160. The predicted octanol–water partition coefficient (Wildman–Crippen LogP) is 3.20. The number of aromatic nitrogens is 2. The van der Waals surface area contributed by atoms with Crippen molar-refractivity contribution in [2.75, 3.05) is 17.7 Å². The highest BCUT2D eigenvalue weighted by atomic mass is 16.6. The highest BCUT2D eigenvalue weighted by molar-refractivity contribution is 5.98. The molecular weight excluding hydrogens is 454 g/mol. The number of carbonyl (C=O) groups is 3. The Morgan fingerprint density at radius 2 is 1.71 bits per heavy atom. The summed E-state index contributed by atoms with van der Waals surface area (Å²) >= 11 is 0. The van der Waals surface area contributed by atoms with Crippen LogP contribution in [-0.2, 0) is 20.7 Å². The second-order valence-electron chi connectivity index (χ2n) is 8.55. The van der Waals surface area contributed by atoms with E-state index in [1.807, 2.05) is 30.3 Å². The van der Waals surface area contributed by atoms with Crippen LogP contribution in [0.15, 0.2) is 65.3 Å². The lowest BCUT2D eigenvalue weighted by Gasteiger charge is -2.22. The molecule has 1 aromatic heterocycles. The number of anilines is 2. The Labute approximate surface area is 202 Å². The van der Waals surface area contributed by atoms with Crippen molar-refractivity contribution in [3.05, 3.63) is 66.4 Å². The number of nitrogens with zero attached hydrogens (tertiary/aromatic N) is 2. The molecule has 0 spiro atoms. The predicted molar refractivity (Wildman–Crippen MR) is 126 cm³/mol. The van der Waals surface area contributed by atoms with E-state index in [1.165, 1.54) is 11.8 Å². The number of esters is 1. The molecule has 11 nitrogen and oxygen atoms in total. The zero-order chi connectivity index (χ0) is 25.4. The molecule has 1 atom stereocenters. The van der Waals surface area contributed by atoms with Crippen molar-refractivity contribution in [3.63, 3.8) is 0 Å². The smallest absolute Gasteiger partial charge is 0.408 e. The number of carbonyl (C=O) groups excluding carboxylic acids is 3. The van der Waals surface area contributed by atoms with Gasteiger partial charge in [0.1, 0.15) is 11.6 Å². The third-order valence-corrected chi connectivity index (χ3v) is 4.55. The zero-order valence-electron chi connectivity index (χ0n) is 19.9. The molecule has 0 aliphatic carbocycles. The minimum Gasteiger partial charge on any atom is -0.467 e. The normalized spacial score (nSPS) is 11.8. The van der Waals surface area contributed by atoms with Crippen LogP contribution in [0.3, 0.4) is 0 Å². The van der Waals surface area contributed by atoms with Gasteiger partial charge in [-0.25, -0.2) is 14.4 Å². The van der Waals surface area contributed by atoms with E-state index in [1.54, 1.807) is 51.2 Å². The van der Waals surface area contributed by atoms with Crippen molar-refractivity contribution in [2.45, 2.75) is 38.8 Å². The third kappa shape index (κ3) is 7.84. The van der Waals surface area contributed by atoms with Crippen molar-refractivity contribution in [3.8, 4) is 5.69 Å². The van der Waals surface area contributed by atoms with Gasteiger partial charge in [-0.1, -0.05) is 30.3 Å². The number of benzene rings is 2. The Hall–Kier alpha value is -4.41. The van der Waals surface area contributed by atoms with Crippen LogP contribution in [0.1, 0.15) is 26.3 Å². The van der Waals surface area contributed by atoms with Crippen molar-refractivity contribution < 1.29 is 33.1 Å². The van der Waals surface area contributed by atoms with Crippen LogP contribution in [0.4, 0.5) is 21.2 Å². The summed E-state index contributed by atoms with van der Waals surface area (Å²) in [5.74, 6) is -0.436. The van der Waals surface area contributed by atoms with Gasteiger partial charge in [-0.2, -0.15) is 0 Å². The second kappa shape index (κ2) is 11.1. The number of rotatable bonds is 7. The molecule has 3 rings (SSSR count). The van der Waals surface area contributed by atoms with Gasteiger partial charge in [0, 0.05) is 24.2 Å². The molecule has 0 aliphatic rings. The minimum absolute atomic E-state index is 0.164. The van der Waals surface area contributed by atoms with E-state index >= 15 is 0 Å². The Morgan fingerprint density at radius 3 is 2.34 bits per heavy atom. The molecule has 2 aromatic carbocycles. The first kappa shape index (κ1) is 25.2. The van der Waals surface area contributed by atoms with Gasteiger partial charge in [-0.15, -0.1) is 0 Å². The summed E-state index contributed by atoms with van der Waals surface area (Å²) in [6.07, 6.45) is 1.00. The SMILES string of the molecule is COC(=O)[C@H](Cc1ccc(NC(=O)Nc2c[n+](-c3ccccc3)no2)cc1)NC(=O)OC(C)(C)C. The summed E-state index contributed by atoms with van der Waals surface area (Å²) in [5.41, 5.74) is 1.33. The maximum Gasteiger partial charge on any atom is 0.408 e. The average molecular weight is 483 g/mol. The maximum absolute atomic E-state index is 12.3. The standard InChI is InChI=1S/C24H27N5O6/c1-24(2,3)34-23(32)26-19(21(30)33-4)14-16-10-12-17(13-11-16)25-22(31)27-20-15-29(28-35-20)18-8-6-5-7-9-18/h5-13,15,19H,14H2,1-4H3,(H2-,25,26,27,28,31,32)/p+1/t19-/m0/s1. The van der Waals surface area contributed by atoms with E-state index in [4.69, 9.17) is 14.0 Å². The molecule has 35 heavy (non-hydrogen) atoms. The number of hydrogen-bond donors (Lipinski definition) is 3. The van der Waals surface area contributed by atoms with E-state index in [-0.39, 0.29) is 12.3 Å². The van der Waals surface area contributed by atoms with E-state index in [0.717, 1.165) is 11.3 Å². The third-order valence-electron chi connectivity index (χ3n) is 4.55. The van der Waals surface area contributed by atoms with Crippen molar-refractivity contribution in [1.29, 1.82) is 0 Å². The average Bonchev–Trinajstić information content (AvgIpc) is 3.27. The van der Waals surface area contributed by atoms with E-state index < -0.39 is 29.7 Å². The number of methoxy groups -OCH3 is 1. The second-order valence-corrected chi connectivity index (χ2v) is 8.55. The first-order valence-electron chi connectivity index (χ1n) is 10.8. The van der Waals surface area contributed by atoms with E-state index in [9.17, 15) is 14.4 Å². The van der Waals surface area contributed by atoms with Gasteiger partial charge in [-0.3, -0.25) is 9.84 Å². The molecule has 0 unspecified atom stereocenters. The van der Waals surface area contributed by atoms with E-state index in [0.29, 0.717) is 5.69 Å². The summed E-state index contributed by atoms with van der Waals surface area (Å²) in [4.78, 5) is 36.5. The summed E-state index contributed by atoms with van der Waals surface area (Å²) in [7, 11) is 1.24. The van der Waals surface area contributed by atoms with Crippen LogP contribution in [0.5, 0.6) is 0 Å². The fourth-order valence-electron chi connectivity index (χ4n) is 3.02. The zero-order valence-corrected chi connectivity index (χ0v) is 19.9. The molecule has 0 bridgehead atoms. The van der Waals surface area contributed by atoms with Gasteiger partial charge >= 0.3 is 24.0 Å². The minimum atomic E-state index is -0.931. The molecule has 0 saturated heterocycles. The first-order valence-corrected chi connectivity index (χ1v) is 10.8. The summed E-state index contributed by atoms with van der Waals surface area (Å²) in [5, 5.41) is 11.6. The van der Waals surface area contributed by atoms with Gasteiger partial charge in [0.2, 0.25) is 11.0 Å². The van der Waals surface area contributed by atoms with Crippen LogP contribution in [-0.4, -0.2) is 42.1 Å². The molecule has 1 heterocycles. The molecule has 3 amide bonds. The first-order chi connectivity index (χ1) is 16.6. The van der Waals surface area contributed by atoms with Gasteiger partial charge in [-0.05, 0) is 43.1 Å². The van der Waals surface area contributed by atoms with Crippen molar-refractivity contribution in [2.24, 2.45) is 0 Å². The molecule has 0 aliphatic heterocycles. The van der Waals surface area contributed by atoms with E-state index in [2.05, 4.69) is 21.2 Å². The maximum atomic E-state index is 12.3. The number of para-hydroxylation sites is 1. The fraction of sp³-hybridized carbons (Fsp3) is 0.292. The summed E-state index contributed by atoms with van der Waals surface area (Å²) < 4.78 is 16.6. The van der Waals surface area contributed by atoms with Gasteiger partial charge in [0.15, 0.2) is 0 Å². The number of urea groups is 1. The monoisotopic (exact) mass is 482 g/mol. The molecule has 3 N–H and O–H groups in total. The lowest BCUT2D eigenvalue weighted by atomic mass is 10.1. The molecule has 0 fully saturated rings. The van der Waals surface area contributed by atoms with Gasteiger partial charge in [0.05, 0.1) is 7.11 Å². The highest BCUT2D eigenvalue weighted by Gasteiger charge is 2.25. The number of nitrogens with one attached hydrogen (secondary N) is 3. The quantitative estimate of drug-likeness (QED) is 0.348. The van der Waals surface area contributed by atoms with Gasteiger partial charge in [0.25, 0.3) is 6.20 Å². The number of amides is 3.